The summed E-state index contributed by atoms with van der Waals surface area (Å²) in [7, 11) is 1.64. The Morgan fingerprint density at radius 1 is 1.41 bits per heavy atom. The van der Waals surface area contributed by atoms with Gasteiger partial charge in [-0.2, -0.15) is 0 Å². The average Bonchev–Trinajstić information content (AvgIpc) is 2.88. The van der Waals surface area contributed by atoms with Crippen LogP contribution in [0.5, 0.6) is 5.75 Å². The monoisotopic (exact) mass is 299 g/mol. The van der Waals surface area contributed by atoms with Gasteiger partial charge in [0.05, 0.1) is 0 Å². The van der Waals surface area contributed by atoms with Crippen molar-refractivity contribution >= 4 is 11.7 Å². The van der Waals surface area contributed by atoms with E-state index in [1.807, 2.05) is 0 Å². The zero-order valence-electron chi connectivity index (χ0n) is 12.5. The number of rotatable bonds is 2. The number of hydrogen-bond acceptors (Lipinski definition) is 4. The number of fused-ring (bicyclic) bond motifs is 1. The predicted molar refractivity (Wildman–Crippen MR) is 82.1 cm³/mol. The lowest BCUT2D eigenvalue weighted by molar-refractivity contribution is 0.102. The number of carbonyl (C=O) groups is 1. The van der Waals surface area contributed by atoms with Crippen LogP contribution in [0.25, 0.3) is 0 Å². The van der Waals surface area contributed by atoms with E-state index in [0.29, 0.717) is 23.7 Å². The van der Waals surface area contributed by atoms with Crippen molar-refractivity contribution < 1.29 is 9.90 Å². The Hall–Kier alpha value is -2.63. The summed E-state index contributed by atoms with van der Waals surface area (Å²) < 4.78 is 1.46. The maximum absolute atomic E-state index is 12.4. The van der Waals surface area contributed by atoms with Crippen molar-refractivity contribution in [2.75, 3.05) is 5.32 Å². The standard InChI is InChI=1S/C16H17N3O3/c1-9-7-10-11(8-9)19(2)16(22)13(14(10)20)15(21)18-12-5-3-4-6-17-12/h3-6,9,20H,7-8H2,1-2H3,(H,17,18,21). The van der Waals surface area contributed by atoms with E-state index in [1.165, 1.54) is 10.8 Å². The van der Waals surface area contributed by atoms with Crippen LogP contribution in [0.3, 0.4) is 0 Å². The van der Waals surface area contributed by atoms with E-state index in [2.05, 4.69) is 17.2 Å². The van der Waals surface area contributed by atoms with E-state index in [1.54, 1.807) is 25.2 Å². The van der Waals surface area contributed by atoms with Gasteiger partial charge >= 0.3 is 0 Å². The average molecular weight is 299 g/mol. The van der Waals surface area contributed by atoms with Crippen LogP contribution in [0.1, 0.15) is 28.5 Å². The maximum atomic E-state index is 12.4. The summed E-state index contributed by atoms with van der Waals surface area (Å²) in [5.74, 6) is -0.154. The van der Waals surface area contributed by atoms with Gasteiger partial charge in [-0.05, 0) is 30.9 Å². The maximum Gasteiger partial charge on any atom is 0.267 e. The molecule has 1 atom stereocenters. The second kappa shape index (κ2) is 5.29. The molecule has 6 heteroatoms. The highest BCUT2D eigenvalue weighted by molar-refractivity contribution is 6.05. The third-order valence-corrected chi connectivity index (χ3v) is 4.02. The van der Waals surface area contributed by atoms with E-state index in [4.69, 9.17) is 0 Å². The second-order valence-electron chi connectivity index (χ2n) is 5.70. The molecule has 0 saturated heterocycles. The van der Waals surface area contributed by atoms with Gasteiger partial charge in [0.1, 0.15) is 17.1 Å². The number of anilines is 1. The van der Waals surface area contributed by atoms with Crippen molar-refractivity contribution in [3.63, 3.8) is 0 Å². The van der Waals surface area contributed by atoms with Gasteiger partial charge in [0.15, 0.2) is 0 Å². The minimum Gasteiger partial charge on any atom is -0.507 e. The molecule has 22 heavy (non-hydrogen) atoms. The molecule has 0 bridgehead atoms. The van der Waals surface area contributed by atoms with E-state index < -0.39 is 11.5 Å². The molecule has 114 valence electrons. The fourth-order valence-corrected chi connectivity index (χ4v) is 2.93. The summed E-state index contributed by atoms with van der Waals surface area (Å²) in [6.07, 6.45) is 2.94. The van der Waals surface area contributed by atoms with Gasteiger partial charge in [-0.15, -0.1) is 0 Å². The largest absolute Gasteiger partial charge is 0.507 e. The SMILES string of the molecule is CC1Cc2c(O)c(C(=O)Nc3ccccn3)c(=O)n(C)c2C1. The first-order chi connectivity index (χ1) is 10.5. The lowest BCUT2D eigenvalue weighted by Gasteiger charge is -2.13. The van der Waals surface area contributed by atoms with E-state index in [0.717, 1.165) is 12.1 Å². The Labute approximate surface area is 127 Å². The molecule has 3 rings (SSSR count). The van der Waals surface area contributed by atoms with Crippen LogP contribution in [-0.2, 0) is 19.9 Å². The van der Waals surface area contributed by atoms with Crippen LogP contribution in [-0.4, -0.2) is 20.6 Å². The topological polar surface area (TPSA) is 84.2 Å². The highest BCUT2D eigenvalue weighted by Crippen LogP contribution is 2.33. The van der Waals surface area contributed by atoms with Crippen molar-refractivity contribution in [2.45, 2.75) is 19.8 Å². The molecule has 2 aromatic rings. The molecule has 0 saturated carbocycles. The van der Waals surface area contributed by atoms with Crippen molar-refractivity contribution in [3.05, 3.63) is 51.6 Å². The zero-order chi connectivity index (χ0) is 15.9. The van der Waals surface area contributed by atoms with Gasteiger partial charge in [-0.1, -0.05) is 13.0 Å². The molecule has 6 nitrogen and oxygen atoms in total. The third kappa shape index (κ3) is 2.26. The Bertz CT molecular complexity index is 797. The Morgan fingerprint density at radius 2 is 2.18 bits per heavy atom. The van der Waals surface area contributed by atoms with Gasteiger partial charge in [0, 0.05) is 24.5 Å². The second-order valence-corrected chi connectivity index (χ2v) is 5.70. The van der Waals surface area contributed by atoms with Crippen molar-refractivity contribution in [3.8, 4) is 5.75 Å². The van der Waals surface area contributed by atoms with Crippen LogP contribution in [0.15, 0.2) is 29.2 Å². The molecule has 2 aromatic heterocycles. The summed E-state index contributed by atoms with van der Waals surface area (Å²) >= 11 is 0. The molecular weight excluding hydrogens is 282 g/mol. The number of hydrogen-bond donors (Lipinski definition) is 2. The highest BCUT2D eigenvalue weighted by atomic mass is 16.3. The smallest absolute Gasteiger partial charge is 0.267 e. The molecule has 1 amide bonds. The molecule has 0 spiro atoms. The first-order valence-corrected chi connectivity index (χ1v) is 7.15. The van der Waals surface area contributed by atoms with Gasteiger partial charge in [-0.3, -0.25) is 9.59 Å². The number of carbonyl (C=O) groups excluding carboxylic acids is 1. The Balaban J connectivity index is 2.05. The van der Waals surface area contributed by atoms with E-state index in [-0.39, 0.29) is 11.3 Å². The number of aromatic hydroxyl groups is 1. The normalized spacial score (nSPS) is 16.4. The van der Waals surface area contributed by atoms with Crippen molar-refractivity contribution in [1.29, 1.82) is 0 Å². The zero-order valence-corrected chi connectivity index (χ0v) is 12.5. The first kappa shape index (κ1) is 14.3. The minimum absolute atomic E-state index is 0.198. The number of aromatic nitrogens is 2. The first-order valence-electron chi connectivity index (χ1n) is 7.15. The number of nitrogens with zero attached hydrogens (tertiary/aromatic N) is 2. The van der Waals surface area contributed by atoms with Gasteiger partial charge < -0.3 is 15.0 Å². The summed E-state index contributed by atoms with van der Waals surface area (Å²) in [6.45, 7) is 2.05. The summed E-state index contributed by atoms with van der Waals surface area (Å²) in [5, 5.41) is 12.9. The van der Waals surface area contributed by atoms with Crippen LogP contribution < -0.4 is 10.9 Å². The molecule has 0 aromatic carbocycles. The molecule has 1 unspecified atom stereocenters. The molecule has 2 N–H and O–H groups in total. The molecular formula is C16H17N3O3. The van der Waals surface area contributed by atoms with Crippen LogP contribution in [0, 0.1) is 5.92 Å². The lowest BCUT2D eigenvalue weighted by Crippen LogP contribution is -2.30. The lowest BCUT2D eigenvalue weighted by atomic mass is 10.1. The van der Waals surface area contributed by atoms with E-state index >= 15 is 0 Å². The highest BCUT2D eigenvalue weighted by Gasteiger charge is 2.30. The van der Waals surface area contributed by atoms with Gasteiger partial charge in [0.25, 0.3) is 11.5 Å². The third-order valence-electron chi connectivity index (χ3n) is 4.02. The summed E-state index contributed by atoms with van der Waals surface area (Å²) in [5.41, 5.74) is 0.796. The minimum atomic E-state index is -0.640. The molecule has 2 heterocycles. The number of amides is 1. The summed E-state index contributed by atoms with van der Waals surface area (Å²) in [4.78, 5) is 28.8. The van der Waals surface area contributed by atoms with Gasteiger partial charge in [0.2, 0.25) is 0 Å². The number of pyridine rings is 2. The van der Waals surface area contributed by atoms with Crippen LogP contribution in [0.2, 0.25) is 0 Å². The quantitative estimate of drug-likeness (QED) is 0.879. The fourth-order valence-electron chi connectivity index (χ4n) is 2.93. The number of nitrogens with one attached hydrogen (secondary N) is 1. The van der Waals surface area contributed by atoms with Crippen LogP contribution >= 0.6 is 0 Å². The van der Waals surface area contributed by atoms with Crippen molar-refractivity contribution in [1.82, 2.24) is 9.55 Å². The molecule has 1 aliphatic rings. The van der Waals surface area contributed by atoms with Crippen LogP contribution in [0.4, 0.5) is 5.82 Å². The van der Waals surface area contributed by atoms with Crippen molar-refractivity contribution in [2.24, 2.45) is 13.0 Å². The predicted octanol–water partition coefficient (Wildman–Crippen LogP) is 1.47. The molecule has 0 aliphatic heterocycles. The molecule has 0 fully saturated rings. The Kier molecular flexibility index (Phi) is 3.44. The fraction of sp³-hybridized carbons (Fsp3) is 0.312. The Morgan fingerprint density at radius 3 is 2.86 bits per heavy atom. The molecule has 0 radical (unpaired) electrons. The molecule has 1 aliphatic carbocycles. The van der Waals surface area contributed by atoms with Gasteiger partial charge in [-0.25, -0.2) is 4.98 Å². The van der Waals surface area contributed by atoms with E-state index in [9.17, 15) is 14.7 Å². The summed E-state index contributed by atoms with van der Waals surface area (Å²) in [6, 6.07) is 5.07.